The summed E-state index contributed by atoms with van der Waals surface area (Å²) in [5.74, 6) is -0.739. The molecule has 0 bridgehead atoms. The van der Waals surface area contributed by atoms with Crippen LogP contribution < -0.4 is 4.80 Å². The molecule has 0 N–H and O–H groups in total. The fourth-order valence-electron chi connectivity index (χ4n) is 2.63. The van der Waals surface area contributed by atoms with Gasteiger partial charge in [0, 0.05) is 29.3 Å². The molecule has 1 aromatic heterocycles. The van der Waals surface area contributed by atoms with Crippen molar-refractivity contribution in [2.75, 3.05) is 13.2 Å². The third kappa shape index (κ3) is 4.41. The Morgan fingerprint density at radius 2 is 1.96 bits per heavy atom. The Balaban J connectivity index is 2.13. The van der Waals surface area contributed by atoms with E-state index in [1.54, 1.807) is 12.1 Å². The first-order valence-corrected chi connectivity index (χ1v) is 9.87. The molecule has 0 fully saturated rings. The predicted octanol–water partition coefficient (Wildman–Crippen LogP) is 4.70. The van der Waals surface area contributed by atoms with Crippen molar-refractivity contribution in [3.63, 3.8) is 0 Å². The molecule has 0 aliphatic carbocycles. The van der Waals surface area contributed by atoms with Gasteiger partial charge in [-0.15, -0.1) is 0 Å². The molecule has 0 radical (unpaired) electrons. The number of nitro groups is 1. The van der Waals surface area contributed by atoms with Crippen molar-refractivity contribution in [1.29, 1.82) is 0 Å². The zero-order chi connectivity index (χ0) is 20.3. The Kier molecular flexibility index (Phi) is 6.46. The van der Waals surface area contributed by atoms with E-state index in [-0.39, 0.29) is 16.3 Å². The summed E-state index contributed by atoms with van der Waals surface area (Å²) in [5, 5.41) is 12.0. The number of thiazole rings is 1. The molecule has 3 rings (SSSR count). The van der Waals surface area contributed by atoms with Crippen LogP contribution in [0.25, 0.3) is 10.2 Å². The lowest BCUT2D eigenvalue weighted by Crippen LogP contribution is -2.20. The second kappa shape index (κ2) is 8.83. The molecular weight excluding hydrogens is 425 g/mol. The van der Waals surface area contributed by atoms with Crippen LogP contribution in [0.1, 0.15) is 17.3 Å². The monoisotopic (exact) mass is 439 g/mol. The van der Waals surface area contributed by atoms with Crippen molar-refractivity contribution in [2.45, 2.75) is 13.5 Å². The summed E-state index contributed by atoms with van der Waals surface area (Å²) < 4.78 is 8.09. The molecule has 7 nitrogen and oxygen atoms in total. The quantitative estimate of drug-likeness (QED) is 0.316. The van der Waals surface area contributed by atoms with E-state index < -0.39 is 10.8 Å². The van der Waals surface area contributed by atoms with Crippen LogP contribution >= 0.6 is 34.5 Å². The fraction of sp³-hybridized carbons (Fsp3) is 0.222. The SMILES string of the molecule is CCOCCn1c(=NC(=O)c2cc(Cl)ccc2[N+](=O)[O-])sc2cc(Cl)ccc21. The summed E-state index contributed by atoms with van der Waals surface area (Å²) in [6, 6.07) is 9.18. The van der Waals surface area contributed by atoms with Gasteiger partial charge in [0.1, 0.15) is 5.56 Å². The molecular formula is C18H15Cl2N3O4S. The maximum atomic E-state index is 12.7. The molecule has 2 aromatic carbocycles. The number of amides is 1. The normalized spacial score (nSPS) is 11.9. The number of hydrogen-bond donors (Lipinski definition) is 0. The molecule has 146 valence electrons. The number of ether oxygens (including phenoxy) is 1. The second-order valence-electron chi connectivity index (χ2n) is 5.68. The number of rotatable bonds is 6. The Labute approximate surface area is 173 Å². The van der Waals surface area contributed by atoms with Crippen LogP contribution in [0, 0.1) is 10.1 Å². The third-order valence-electron chi connectivity index (χ3n) is 3.89. The molecule has 28 heavy (non-hydrogen) atoms. The van der Waals surface area contributed by atoms with E-state index in [1.807, 2.05) is 17.6 Å². The minimum Gasteiger partial charge on any atom is -0.380 e. The largest absolute Gasteiger partial charge is 0.380 e. The summed E-state index contributed by atoms with van der Waals surface area (Å²) in [5.41, 5.74) is 0.341. The minimum absolute atomic E-state index is 0.163. The van der Waals surface area contributed by atoms with Crippen molar-refractivity contribution in [2.24, 2.45) is 4.99 Å². The van der Waals surface area contributed by atoms with E-state index in [0.29, 0.717) is 29.6 Å². The van der Waals surface area contributed by atoms with Gasteiger partial charge < -0.3 is 9.30 Å². The number of hydrogen-bond acceptors (Lipinski definition) is 5. The third-order valence-corrected chi connectivity index (χ3v) is 5.40. The van der Waals surface area contributed by atoms with Crippen LogP contribution in [-0.2, 0) is 11.3 Å². The van der Waals surface area contributed by atoms with Crippen LogP contribution in [-0.4, -0.2) is 28.6 Å². The highest BCUT2D eigenvalue weighted by Crippen LogP contribution is 2.25. The van der Waals surface area contributed by atoms with Crippen LogP contribution in [0.4, 0.5) is 5.69 Å². The summed E-state index contributed by atoms with van der Waals surface area (Å²) in [7, 11) is 0. The standard InChI is InChI=1S/C18H15Cl2N3O4S/c1-2-27-8-7-22-15-6-4-12(20)10-16(15)28-18(22)21-17(24)13-9-11(19)3-5-14(13)23(25)26/h3-6,9-10H,2,7-8H2,1H3. The number of nitrogens with zero attached hydrogens (tertiary/aromatic N) is 3. The topological polar surface area (TPSA) is 86.7 Å². The highest BCUT2D eigenvalue weighted by Gasteiger charge is 2.20. The van der Waals surface area contributed by atoms with Crippen molar-refractivity contribution in [3.05, 3.63) is 66.9 Å². The first kappa shape index (κ1) is 20.5. The number of benzene rings is 2. The Bertz CT molecular complexity index is 1120. The van der Waals surface area contributed by atoms with Crippen LogP contribution in [0.5, 0.6) is 0 Å². The van der Waals surface area contributed by atoms with Gasteiger partial charge in [0.15, 0.2) is 4.80 Å². The first-order valence-electron chi connectivity index (χ1n) is 8.30. The molecule has 0 saturated carbocycles. The average Bonchev–Trinajstić information content (AvgIpc) is 2.97. The molecule has 0 aliphatic heterocycles. The van der Waals surface area contributed by atoms with Gasteiger partial charge in [-0.25, -0.2) is 0 Å². The molecule has 0 unspecified atom stereocenters. The van der Waals surface area contributed by atoms with Crippen LogP contribution in [0.2, 0.25) is 10.0 Å². The van der Waals surface area contributed by atoms with Gasteiger partial charge in [-0.1, -0.05) is 34.5 Å². The van der Waals surface area contributed by atoms with E-state index >= 15 is 0 Å². The number of nitro benzene ring substituents is 1. The molecule has 1 heterocycles. The maximum Gasteiger partial charge on any atom is 0.286 e. The minimum atomic E-state index is -0.739. The predicted molar refractivity (Wildman–Crippen MR) is 109 cm³/mol. The number of carbonyl (C=O) groups excluding carboxylic acids is 1. The lowest BCUT2D eigenvalue weighted by molar-refractivity contribution is -0.385. The smallest absolute Gasteiger partial charge is 0.286 e. The van der Waals surface area contributed by atoms with Crippen LogP contribution in [0.15, 0.2) is 41.4 Å². The molecule has 0 spiro atoms. The highest BCUT2D eigenvalue weighted by molar-refractivity contribution is 7.16. The van der Waals surface area contributed by atoms with Crippen molar-refractivity contribution >= 4 is 56.3 Å². The van der Waals surface area contributed by atoms with E-state index in [0.717, 1.165) is 10.2 Å². The number of aromatic nitrogens is 1. The van der Waals surface area contributed by atoms with Crippen LogP contribution in [0.3, 0.4) is 0 Å². The highest BCUT2D eigenvalue weighted by atomic mass is 35.5. The van der Waals surface area contributed by atoms with Crippen molar-refractivity contribution in [3.8, 4) is 0 Å². The van der Waals surface area contributed by atoms with Gasteiger partial charge in [0.25, 0.3) is 11.6 Å². The summed E-state index contributed by atoms with van der Waals surface area (Å²) >= 11 is 13.3. The molecule has 3 aromatic rings. The van der Waals surface area contributed by atoms with E-state index in [1.165, 1.54) is 29.5 Å². The summed E-state index contributed by atoms with van der Waals surface area (Å²) in [4.78, 5) is 27.9. The van der Waals surface area contributed by atoms with E-state index in [2.05, 4.69) is 4.99 Å². The van der Waals surface area contributed by atoms with Gasteiger partial charge in [0.2, 0.25) is 0 Å². The second-order valence-corrected chi connectivity index (χ2v) is 7.56. The van der Waals surface area contributed by atoms with Gasteiger partial charge >= 0.3 is 0 Å². The first-order chi connectivity index (χ1) is 13.4. The number of carbonyl (C=O) groups is 1. The fourth-order valence-corrected chi connectivity index (χ4v) is 4.14. The van der Waals surface area contributed by atoms with E-state index in [4.69, 9.17) is 27.9 Å². The summed E-state index contributed by atoms with van der Waals surface area (Å²) in [6.45, 7) is 3.36. The maximum absolute atomic E-state index is 12.7. The van der Waals surface area contributed by atoms with Gasteiger partial charge in [-0.2, -0.15) is 4.99 Å². The Hall–Kier alpha value is -2.26. The Morgan fingerprint density at radius 1 is 1.25 bits per heavy atom. The average molecular weight is 440 g/mol. The molecule has 1 amide bonds. The van der Waals surface area contributed by atoms with Gasteiger partial charge in [0.05, 0.1) is 21.7 Å². The molecule has 10 heteroatoms. The molecule has 0 atom stereocenters. The molecule has 0 saturated heterocycles. The van der Waals surface area contributed by atoms with Crippen molar-refractivity contribution in [1.82, 2.24) is 4.57 Å². The summed E-state index contributed by atoms with van der Waals surface area (Å²) in [6.07, 6.45) is 0. The number of halogens is 2. The van der Waals surface area contributed by atoms with Crippen molar-refractivity contribution < 1.29 is 14.5 Å². The van der Waals surface area contributed by atoms with Gasteiger partial charge in [-0.3, -0.25) is 14.9 Å². The number of fused-ring (bicyclic) bond motifs is 1. The zero-order valence-corrected chi connectivity index (χ0v) is 17.1. The lowest BCUT2D eigenvalue weighted by atomic mass is 10.2. The molecule has 0 aliphatic rings. The lowest BCUT2D eigenvalue weighted by Gasteiger charge is -2.05. The van der Waals surface area contributed by atoms with Gasteiger partial charge in [-0.05, 0) is 37.3 Å². The van der Waals surface area contributed by atoms with E-state index in [9.17, 15) is 14.9 Å². The zero-order valence-electron chi connectivity index (χ0n) is 14.7. The Morgan fingerprint density at radius 3 is 2.68 bits per heavy atom.